The van der Waals surface area contributed by atoms with E-state index in [1.54, 1.807) is 0 Å². The third kappa shape index (κ3) is 47.0. The van der Waals surface area contributed by atoms with Gasteiger partial charge in [-0.3, -0.25) is 0 Å². The predicted molar refractivity (Wildman–Crippen MR) is 170 cm³/mol. The zero-order valence-corrected chi connectivity index (χ0v) is 27.4. The van der Waals surface area contributed by atoms with Gasteiger partial charge in [-0.2, -0.15) is 0 Å². The summed E-state index contributed by atoms with van der Waals surface area (Å²) in [5, 5.41) is 15.6. The first kappa shape index (κ1) is 45.6. The SMILES string of the molecule is CC.CC.CC.CCCNCC.CNC.CNCCCN1CCCC1.CNCCCN1CCNCC1. The lowest BCUT2D eigenvalue weighted by atomic mass is 10.3. The molecule has 2 heterocycles. The molecule has 7 nitrogen and oxygen atoms in total. The Labute approximate surface area is 230 Å². The molecule has 2 aliphatic heterocycles. The molecule has 0 atom stereocenters. The molecule has 2 rings (SSSR count). The van der Waals surface area contributed by atoms with Gasteiger partial charge in [0.1, 0.15) is 0 Å². The highest BCUT2D eigenvalue weighted by atomic mass is 15.2. The van der Waals surface area contributed by atoms with E-state index in [4.69, 9.17) is 0 Å². The summed E-state index contributed by atoms with van der Waals surface area (Å²) in [5.41, 5.74) is 0. The van der Waals surface area contributed by atoms with E-state index in [9.17, 15) is 0 Å². The normalized spacial score (nSPS) is 14.3. The first-order valence-electron chi connectivity index (χ1n) is 15.4. The van der Waals surface area contributed by atoms with E-state index in [0.717, 1.165) is 26.2 Å². The van der Waals surface area contributed by atoms with Gasteiger partial charge < -0.3 is 36.4 Å². The Morgan fingerprint density at radius 3 is 1.31 bits per heavy atom. The summed E-state index contributed by atoms with van der Waals surface area (Å²) < 4.78 is 0. The van der Waals surface area contributed by atoms with E-state index in [1.807, 2.05) is 69.7 Å². The molecular formula is C29H75N7. The average Bonchev–Trinajstić information content (AvgIpc) is 3.47. The Morgan fingerprint density at radius 2 is 1.00 bits per heavy atom. The maximum absolute atomic E-state index is 3.35. The summed E-state index contributed by atoms with van der Waals surface area (Å²) in [6.07, 6.45) is 6.65. The van der Waals surface area contributed by atoms with Crippen molar-refractivity contribution in [2.75, 3.05) is 107 Å². The fraction of sp³-hybridized carbons (Fsp3) is 1.00. The topological polar surface area (TPSA) is 66.6 Å². The summed E-state index contributed by atoms with van der Waals surface area (Å²) in [6, 6.07) is 0. The minimum absolute atomic E-state index is 1.10. The average molecular weight is 522 g/mol. The molecule has 226 valence electrons. The summed E-state index contributed by atoms with van der Waals surface area (Å²) in [5.74, 6) is 0. The highest BCUT2D eigenvalue weighted by Gasteiger charge is 2.09. The van der Waals surface area contributed by atoms with Crippen molar-refractivity contribution >= 4 is 0 Å². The predicted octanol–water partition coefficient (Wildman–Crippen LogP) is 4.11. The van der Waals surface area contributed by atoms with Gasteiger partial charge in [0, 0.05) is 26.2 Å². The number of hydrogen-bond donors (Lipinski definition) is 5. The fourth-order valence-electron chi connectivity index (χ4n) is 3.25. The van der Waals surface area contributed by atoms with Gasteiger partial charge >= 0.3 is 0 Å². The van der Waals surface area contributed by atoms with Gasteiger partial charge in [-0.15, -0.1) is 0 Å². The summed E-state index contributed by atoms with van der Waals surface area (Å²) >= 11 is 0. The molecule has 0 unspecified atom stereocenters. The number of piperazine rings is 1. The van der Waals surface area contributed by atoms with Gasteiger partial charge in [-0.1, -0.05) is 55.4 Å². The van der Waals surface area contributed by atoms with Crippen molar-refractivity contribution in [2.45, 2.75) is 87.5 Å². The van der Waals surface area contributed by atoms with Crippen LogP contribution in [0.15, 0.2) is 0 Å². The molecule has 0 radical (unpaired) electrons. The second-order valence-electron chi connectivity index (χ2n) is 7.91. The van der Waals surface area contributed by atoms with Gasteiger partial charge in [-0.05, 0) is 113 Å². The van der Waals surface area contributed by atoms with Crippen molar-refractivity contribution in [1.29, 1.82) is 0 Å². The highest BCUT2D eigenvalue weighted by molar-refractivity contribution is 4.67. The van der Waals surface area contributed by atoms with Gasteiger partial charge in [0.05, 0.1) is 0 Å². The standard InChI is InChI=1S/C8H19N3.C8H18N2.C5H13N.C2H7N.3C2H6/c1-9-3-2-6-11-7-4-10-5-8-11;1-9-5-4-8-10-6-2-3-7-10;1-3-5-6-4-2;1-3-2;3*1-2/h9-10H,2-8H2,1H3;9H,2-8H2,1H3;6H,3-5H2,1-2H3;3H,1-2H3;3*1-2H3. The molecule has 0 aromatic rings. The summed E-state index contributed by atoms with van der Waals surface area (Å²) in [4.78, 5) is 5.07. The van der Waals surface area contributed by atoms with Crippen LogP contribution in [0.4, 0.5) is 0 Å². The number of rotatable bonds is 11. The van der Waals surface area contributed by atoms with Crippen LogP contribution >= 0.6 is 0 Å². The van der Waals surface area contributed by atoms with Crippen LogP contribution in [0.25, 0.3) is 0 Å². The van der Waals surface area contributed by atoms with E-state index in [2.05, 4.69) is 50.2 Å². The van der Waals surface area contributed by atoms with Crippen molar-refractivity contribution in [3.05, 3.63) is 0 Å². The molecule has 5 N–H and O–H groups in total. The Hall–Kier alpha value is -0.280. The van der Waals surface area contributed by atoms with Gasteiger partial charge in [0.25, 0.3) is 0 Å². The van der Waals surface area contributed by atoms with Crippen LogP contribution in [0.3, 0.4) is 0 Å². The molecule has 2 fully saturated rings. The lowest BCUT2D eigenvalue weighted by Crippen LogP contribution is -2.44. The second-order valence-corrected chi connectivity index (χ2v) is 7.91. The van der Waals surface area contributed by atoms with Crippen LogP contribution in [0.1, 0.15) is 87.5 Å². The Kier molecular flexibility index (Phi) is 65.1. The minimum atomic E-state index is 1.10. The van der Waals surface area contributed by atoms with E-state index >= 15 is 0 Å². The zero-order chi connectivity index (χ0) is 28.7. The monoisotopic (exact) mass is 522 g/mol. The van der Waals surface area contributed by atoms with Crippen LogP contribution < -0.4 is 26.6 Å². The third-order valence-electron chi connectivity index (χ3n) is 4.89. The Morgan fingerprint density at radius 1 is 0.611 bits per heavy atom. The van der Waals surface area contributed by atoms with Crippen molar-refractivity contribution in [2.24, 2.45) is 0 Å². The maximum Gasteiger partial charge on any atom is 0.0107 e. The molecule has 0 amide bonds. The van der Waals surface area contributed by atoms with Crippen LogP contribution in [-0.2, 0) is 0 Å². The van der Waals surface area contributed by atoms with E-state index in [1.165, 1.54) is 84.5 Å². The summed E-state index contributed by atoms with van der Waals surface area (Å²) in [7, 11) is 7.78. The lowest BCUT2D eigenvalue weighted by Gasteiger charge is -2.26. The number of hydrogen-bond acceptors (Lipinski definition) is 7. The third-order valence-corrected chi connectivity index (χ3v) is 4.89. The number of nitrogens with one attached hydrogen (secondary N) is 5. The molecule has 36 heavy (non-hydrogen) atoms. The van der Waals surface area contributed by atoms with Gasteiger partial charge in [-0.25, -0.2) is 0 Å². The molecule has 0 aliphatic carbocycles. The van der Waals surface area contributed by atoms with Crippen molar-refractivity contribution in [3.8, 4) is 0 Å². The first-order chi connectivity index (χ1) is 17.7. The molecule has 0 saturated carbocycles. The Balaban J connectivity index is -0.000000118. The highest BCUT2D eigenvalue weighted by Crippen LogP contribution is 2.06. The fourth-order valence-corrected chi connectivity index (χ4v) is 3.25. The zero-order valence-electron chi connectivity index (χ0n) is 27.4. The second kappa shape index (κ2) is 51.4. The van der Waals surface area contributed by atoms with Crippen LogP contribution in [0.2, 0.25) is 0 Å². The first-order valence-corrected chi connectivity index (χ1v) is 15.4. The largest absolute Gasteiger partial charge is 0.323 e. The molecular weight excluding hydrogens is 446 g/mol. The van der Waals surface area contributed by atoms with E-state index < -0.39 is 0 Å². The molecule has 0 bridgehead atoms. The molecule has 2 aliphatic rings. The smallest absolute Gasteiger partial charge is 0.0107 e. The summed E-state index contributed by atoms with van der Waals surface area (Å²) in [6.45, 7) is 30.9. The van der Waals surface area contributed by atoms with Crippen molar-refractivity contribution < 1.29 is 0 Å². The van der Waals surface area contributed by atoms with Crippen molar-refractivity contribution in [1.82, 2.24) is 36.4 Å². The van der Waals surface area contributed by atoms with Crippen LogP contribution in [0.5, 0.6) is 0 Å². The molecule has 0 aromatic heterocycles. The quantitative estimate of drug-likeness (QED) is 0.262. The number of nitrogens with zero attached hydrogens (tertiary/aromatic N) is 2. The van der Waals surface area contributed by atoms with E-state index in [0.29, 0.717) is 0 Å². The molecule has 7 heteroatoms. The van der Waals surface area contributed by atoms with Crippen LogP contribution in [-0.4, -0.2) is 117 Å². The lowest BCUT2D eigenvalue weighted by molar-refractivity contribution is 0.238. The molecule has 2 saturated heterocycles. The minimum Gasteiger partial charge on any atom is -0.323 e. The van der Waals surface area contributed by atoms with E-state index in [-0.39, 0.29) is 0 Å². The molecule has 0 spiro atoms. The maximum atomic E-state index is 3.35. The Bertz CT molecular complexity index is 279. The van der Waals surface area contributed by atoms with Gasteiger partial charge in [0.2, 0.25) is 0 Å². The van der Waals surface area contributed by atoms with Crippen LogP contribution in [0, 0.1) is 0 Å². The number of likely N-dealkylation sites (tertiary alicyclic amines) is 1. The molecule has 0 aromatic carbocycles. The van der Waals surface area contributed by atoms with Crippen molar-refractivity contribution in [3.63, 3.8) is 0 Å². The van der Waals surface area contributed by atoms with Gasteiger partial charge in [0.15, 0.2) is 0 Å².